The average Bonchev–Trinajstić information content (AvgIpc) is 2.10. The van der Waals surface area contributed by atoms with Gasteiger partial charge in [0.05, 0.1) is 6.10 Å². The molecule has 0 saturated carbocycles. The SMILES string of the molecule is CC1=CC(=O)CC(C)(C)[C@@]1(O)C=C[C@@H](C)O. The van der Waals surface area contributed by atoms with E-state index in [1.807, 2.05) is 13.8 Å². The first-order valence-corrected chi connectivity index (χ1v) is 5.50. The van der Waals surface area contributed by atoms with Crippen molar-refractivity contribution in [3.8, 4) is 0 Å². The molecule has 3 nitrogen and oxygen atoms in total. The largest absolute Gasteiger partial charge is 0.389 e. The minimum Gasteiger partial charge on any atom is -0.389 e. The van der Waals surface area contributed by atoms with Crippen LogP contribution in [0.25, 0.3) is 0 Å². The van der Waals surface area contributed by atoms with Crippen LogP contribution in [-0.4, -0.2) is 27.7 Å². The second kappa shape index (κ2) is 4.15. The van der Waals surface area contributed by atoms with E-state index >= 15 is 0 Å². The molecular weight excluding hydrogens is 204 g/mol. The zero-order valence-electron chi connectivity index (χ0n) is 10.3. The average molecular weight is 224 g/mol. The summed E-state index contributed by atoms with van der Waals surface area (Å²) in [5, 5.41) is 19.8. The van der Waals surface area contributed by atoms with Gasteiger partial charge in [-0.25, -0.2) is 0 Å². The molecule has 0 saturated heterocycles. The zero-order chi connectivity index (χ0) is 12.6. The van der Waals surface area contributed by atoms with Crippen LogP contribution in [0.3, 0.4) is 0 Å². The van der Waals surface area contributed by atoms with Crippen LogP contribution in [0.4, 0.5) is 0 Å². The third-order valence-corrected chi connectivity index (χ3v) is 3.24. The lowest BCUT2D eigenvalue weighted by Gasteiger charge is -2.44. The Labute approximate surface area is 96.5 Å². The van der Waals surface area contributed by atoms with Crippen molar-refractivity contribution in [2.45, 2.75) is 45.8 Å². The molecule has 2 N–H and O–H groups in total. The van der Waals surface area contributed by atoms with Crippen molar-refractivity contribution < 1.29 is 15.0 Å². The molecule has 16 heavy (non-hydrogen) atoms. The first-order chi connectivity index (χ1) is 7.19. The van der Waals surface area contributed by atoms with Crippen LogP contribution >= 0.6 is 0 Å². The maximum absolute atomic E-state index is 11.5. The van der Waals surface area contributed by atoms with Crippen molar-refractivity contribution in [2.75, 3.05) is 0 Å². The standard InChI is InChI=1S/C13H20O3/c1-9-7-11(15)8-12(3,4)13(9,16)6-5-10(2)14/h5-7,10,14,16H,8H2,1-4H3/t10-,13-/m1/s1. The summed E-state index contributed by atoms with van der Waals surface area (Å²) in [5.74, 6) is 0.0395. The van der Waals surface area contributed by atoms with Gasteiger partial charge in [-0.05, 0) is 31.6 Å². The third kappa shape index (κ3) is 2.25. The maximum atomic E-state index is 11.5. The lowest BCUT2D eigenvalue weighted by Crippen LogP contribution is -2.48. The molecule has 0 amide bonds. The molecule has 0 aromatic rings. The number of carbonyl (C=O) groups excluding carboxylic acids is 1. The Morgan fingerprint density at radius 2 is 2.06 bits per heavy atom. The van der Waals surface area contributed by atoms with Crippen molar-refractivity contribution in [3.05, 3.63) is 23.8 Å². The number of aliphatic hydroxyl groups is 2. The van der Waals surface area contributed by atoms with Gasteiger partial charge in [-0.1, -0.05) is 19.9 Å². The Balaban J connectivity index is 3.16. The first kappa shape index (κ1) is 13.1. The molecule has 0 aromatic heterocycles. The Morgan fingerprint density at radius 3 is 2.50 bits per heavy atom. The van der Waals surface area contributed by atoms with Crippen molar-refractivity contribution in [1.29, 1.82) is 0 Å². The Hall–Kier alpha value is -0.930. The highest BCUT2D eigenvalue weighted by Gasteiger charge is 2.46. The summed E-state index contributed by atoms with van der Waals surface area (Å²) >= 11 is 0. The predicted octanol–water partition coefficient (Wildman–Crippen LogP) is 1.60. The highest BCUT2D eigenvalue weighted by Crippen LogP contribution is 2.44. The number of hydrogen-bond donors (Lipinski definition) is 2. The molecule has 0 radical (unpaired) electrons. The summed E-state index contributed by atoms with van der Waals surface area (Å²) in [6.45, 7) is 7.08. The minimum atomic E-state index is -1.15. The lowest BCUT2D eigenvalue weighted by atomic mass is 9.64. The smallest absolute Gasteiger partial charge is 0.156 e. The molecule has 0 fully saturated rings. The predicted molar refractivity (Wildman–Crippen MR) is 62.9 cm³/mol. The van der Waals surface area contributed by atoms with Crippen LogP contribution in [0.2, 0.25) is 0 Å². The number of hydrogen-bond acceptors (Lipinski definition) is 3. The molecule has 0 spiro atoms. The number of aliphatic hydroxyl groups excluding tert-OH is 1. The fourth-order valence-corrected chi connectivity index (χ4v) is 2.14. The minimum absolute atomic E-state index is 0.0395. The van der Waals surface area contributed by atoms with Crippen molar-refractivity contribution >= 4 is 5.78 Å². The van der Waals surface area contributed by atoms with Gasteiger partial charge in [-0.15, -0.1) is 0 Å². The van der Waals surface area contributed by atoms with E-state index < -0.39 is 17.1 Å². The van der Waals surface area contributed by atoms with Crippen molar-refractivity contribution in [1.82, 2.24) is 0 Å². The fraction of sp³-hybridized carbons (Fsp3) is 0.615. The molecule has 1 aliphatic rings. The summed E-state index contributed by atoms with van der Waals surface area (Å²) in [5.41, 5.74) is -1.07. The number of carbonyl (C=O) groups is 1. The van der Waals surface area contributed by atoms with Crippen LogP contribution in [0.5, 0.6) is 0 Å². The molecule has 1 rings (SSSR count). The molecule has 1 aliphatic carbocycles. The van der Waals surface area contributed by atoms with Gasteiger partial charge in [0, 0.05) is 11.8 Å². The highest BCUT2D eigenvalue weighted by molar-refractivity contribution is 5.92. The molecule has 0 bridgehead atoms. The third-order valence-electron chi connectivity index (χ3n) is 3.24. The van der Waals surface area contributed by atoms with Crippen molar-refractivity contribution in [2.24, 2.45) is 5.41 Å². The van der Waals surface area contributed by atoms with Gasteiger partial charge in [-0.3, -0.25) is 4.79 Å². The van der Waals surface area contributed by atoms with Gasteiger partial charge in [0.15, 0.2) is 5.78 Å². The van der Waals surface area contributed by atoms with Crippen LogP contribution in [0.1, 0.15) is 34.1 Å². The summed E-state index contributed by atoms with van der Waals surface area (Å²) in [4.78, 5) is 11.5. The van der Waals surface area contributed by atoms with E-state index in [2.05, 4.69) is 0 Å². The first-order valence-electron chi connectivity index (χ1n) is 5.50. The highest BCUT2D eigenvalue weighted by atomic mass is 16.3. The molecule has 3 heteroatoms. The maximum Gasteiger partial charge on any atom is 0.156 e. The molecule has 0 heterocycles. The summed E-state index contributed by atoms with van der Waals surface area (Å²) < 4.78 is 0. The van der Waals surface area contributed by atoms with Gasteiger partial charge >= 0.3 is 0 Å². The van der Waals surface area contributed by atoms with Crippen LogP contribution in [-0.2, 0) is 4.79 Å². The molecule has 0 unspecified atom stereocenters. The van der Waals surface area contributed by atoms with E-state index in [1.54, 1.807) is 26.0 Å². The number of ketones is 1. The Kier molecular flexibility index (Phi) is 3.41. The lowest BCUT2D eigenvalue weighted by molar-refractivity contribution is -0.121. The van der Waals surface area contributed by atoms with E-state index in [0.717, 1.165) is 0 Å². The summed E-state index contributed by atoms with van der Waals surface area (Å²) in [7, 11) is 0. The fourth-order valence-electron chi connectivity index (χ4n) is 2.14. The monoisotopic (exact) mass is 224 g/mol. The second-order valence-corrected chi connectivity index (χ2v) is 5.22. The van der Waals surface area contributed by atoms with E-state index in [-0.39, 0.29) is 5.78 Å². The van der Waals surface area contributed by atoms with Gasteiger partial charge in [0.1, 0.15) is 5.60 Å². The van der Waals surface area contributed by atoms with E-state index in [4.69, 9.17) is 0 Å². The van der Waals surface area contributed by atoms with Crippen molar-refractivity contribution in [3.63, 3.8) is 0 Å². The Morgan fingerprint density at radius 1 is 1.50 bits per heavy atom. The van der Waals surface area contributed by atoms with E-state index in [9.17, 15) is 15.0 Å². The van der Waals surface area contributed by atoms with Gasteiger partial charge < -0.3 is 10.2 Å². The quantitative estimate of drug-likeness (QED) is 0.700. The van der Waals surface area contributed by atoms with Gasteiger partial charge in [0.25, 0.3) is 0 Å². The van der Waals surface area contributed by atoms with Crippen LogP contribution in [0, 0.1) is 5.41 Å². The molecule has 0 aliphatic heterocycles. The van der Waals surface area contributed by atoms with E-state index in [0.29, 0.717) is 12.0 Å². The zero-order valence-corrected chi connectivity index (χ0v) is 10.3. The van der Waals surface area contributed by atoms with Gasteiger partial charge in [0.2, 0.25) is 0 Å². The summed E-state index contributed by atoms with van der Waals surface area (Å²) in [6, 6.07) is 0. The van der Waals surface area contributed by atoms with E-state index in [1.165, 1.54) is 6.08 Å². The van der Waals surface area contributed by atoms with Crippen LogP contribution in [0.15, 0.2) is 23.8 Å². The molecule has 0 aromatic carbocycles. The van der Waals surface area contributed by atoms with Gasteiger partial charge in [-0.2, -0.15) is 0 Å². The number of allylic oxidation sites excluding steroid dienone is 1. The molecular formula is C13H20O3. The summed E-state index contributed by atoms with van der Waals surface area (Å²) in [6.07, 6.45) is 4.33. The Bertz CT molecular complexity index is 350. The normalized spacial score (nSPS) is 31.6. The second-order valence-electron chi connectivity index (χ2n) is 5.22. The number of rotatable bonds is 2. The topological polar surface area (TPSA) is 57.5 Å². The molecule has 2 atom stereocenters. The van der Waals surface area contributed by atoms with Crippen LogP contribution < -0.4 is 0 Å². The molecule has 90 valence electrons.